The molecule has 31 heavy (non-hydrogen) atoms. The highest BCUT2D eigenvalue weighted by molar-refractivity contribution is 7.89. The summed E-state index contributed by atoms with van der Waals surface area (Å²) >= 11 is 0. The number of hydrogen-bond donors (Lipinski definition) is 1. The number of methoxy groups -OCH3 is 2. The van der Waals surface area contributed by atoms with Gasteiger partial charge >= 0.3 is 0 Å². The van der Waals surface area contributed by atoms with Crippen LogP contribution in [0.3, 0.4) is 0 Å². The maximum Gasteiger partial charge on any atom is 0.243 e. The molecule has 1 atom stereocenters. The second-order valence-corrected chi connectivity index (χ2v) is 9.13. The van der Waals surface area contributed by atoms with Crippen molar-refractivity contribution in [2.24, 2.45) is 5.92 Å². The van der Waals surface area contributed by atoms with Crippen molar-refractivity contribution in [3.05, 3.63) is 48.5 Å². The van der Waals surface area contributed by atoms with Gasteiger partial charge in [-0.1, -0.05) is 0 Å². The molecular formula is C22H28N2O6S. The van der Waals surface area contributed by atoms with E-state index in [1.807, 2.05) is 0 Å². The number of sulfonamides is 1. The third-order valence-corrected chi connectivity index (χ3v) is 7.06. The molecule has 0 saturated carbocycles. The van der Waals surface area contributed by atoms with Crippen LogP contribution in [0.5, 0.6) is 17.2 Å². The summed E-state index contributed by atoms with van der Waals surface area (Å²) in [6.07, 6.45) is 1.29. The van der Waals surface area contributed by atoms with Crippen molar-refractivity contribution in [1.29, 1.82) is 0 Å². The predicted octanol–water partition coefficient (Wildman–Crippen LogP) is 2.30. The van der Waals surface area contributed by atoms with Gasteiger partial charge < -0.3 is 19.5 Å². The number of hydrogen-bond acceptors (Lipinski definition) is 6. The third-order valence-electron chi connectivity index (χ3n) is 5.18. The number of piperidine rings is 1. The van der Waals surface area contributed by atoms with Crippen molar-refractivity contribution in [2.75, 3.05) is 40.5 Å². The molecule has 8 nitrogen and oxygen atoms in total. The van der Waals surface area contributed by atoms with Crippen LogP contribution in [-0.4, -0.2) is 59.1 Å². The first-order valence-corrected chi connectivity index (χ1v) is 11.6. The Morgan fingerprint density at radius 1 is 1.00 bits per heavy atom. The lowest BCUT2D eigenvalue weighted by atomic mass is 9.99. The number of nitrogens with one attached hydrogen (secondary N) is 1. The zero-order chi connectivity index (χ0) is 22.3. The molecule has 1 N–H and O–H groups in total. The van der Waals surface area contributed by atoms with Gasteiger partial charge in [-0.25, -0.2) is 8.42 Å². The van der Waals surface area contributed by atoms with Crippen LogP contribution in [0, 0.1) is 5.92 Å². The Morgan fingerprint density at radius 3 is 2.19 bits per heavy atom. The molecule has 0 unspecified atom stereocenters. The van der Waals surface area contributed by atoms with Gasteiger partial charge in [-0.3, -0.25) is 4.79 Å². The molecular weight excluding hydrogens is 420 g/mol. The normalized spacial score (nSPS) is 17.0. The van der Waals surface area contributed by atoms with Crippen LogP contribution in [0.1, 0.15) is 12.8 Å². The van der Waals surface area contributed by atoms with Crippen LogP contribution >= 0.6 is 0 Å². The molecule has 1 aliphatic heterocycles. The van der Waals surface area contributed by atoms with Gasteiger partial charge in [-0.15, -0.1) is 0 Å². The summed E-state index contributed by atoms with van der Waals surface area (Å²) in [6, 6.07) is 13.5. The van der Waals surface area contributed by atoms with Crippen molar-refractivity contribution < 1.29 is 27.4 Å². The van der Waals surface area contributed by atoms with E-state index in [2.05, 4.69) is 5.32 Å². The van der Waals surface area contributed by atoms with Crippen molar-refractivity contribution in [2.45, 2.75) is 17.7 Å². The van der Waals surface area contributed by atoms with E-state index < -0.39 is 10.0 Å². The molecule has 1 saturated heterocycles. The van der Waals surface area contributed by atoms with Crippen LogP contribution in [0.2, 0.25) is 0 Å². The Hall–Kier alpha value is -2.78. The molecule has 0 spiro atoms. The molecule has 3 rings (SSSR count). The molecule has 9 heteroatoms. The quantitative estimate of drug-likeness (QED) is 0.592. The van der Waals surface area contributed by atoms with Gasteiger partial charge in [-0.2, -0.15) is 4.31 Å². The number of rotatable bonds is 9. The average molecular weight is 449 g/mol. The molecule has 168 valence electrons. The van der Waals surface area contributed by atoms with Gasteiger partial charge in [0.05, 0.1) is 31.6 Å². The van der Waals surface area contributed by atoms with E-state index in [0.717, 1.165) is 5.75 Å². The molecule has 2 aromatic rings. The Labute approximate surface area is 183 Å². The van der Waals surface area contributed by atoms with Crippen LogP contribution in [0.15, 0.2) is 53.4 Å². The largest absolute Gasteiger partial charge is 0.497 e. The number of carbonyl (C=O) groups is 1. The first kappa shape index (κ1) is 22.9. The van der Waals surface area contributed by atoms with Gasteiger partial charge in [0.15, 0.2) is 0 Å². The Balaban J connectivity index is 1.50. The zero-order valence-corrected chi connectivity index (χ0v) is 18.6. The van der Waals surface area contributed by atoms with E-state index in [1.165, 1.54) is 23.5 Å². The van der Waals surface area contributed by atoms with E-state index in [1.54, 1.807) is 43.5 Å². The Kier molecular flexibility index (Phi) is 7.75. The second kappa shape index (κ2) is 10.5. The highest BCUT2D eigenvalue weighted by Crippen LogP contribution is 2.25. The molecule has 1 fully saturated rings. The first-order valence-electron chi connectivity index (χ1n) is 10.1. The maximum absolute atomic E-state index is 12.9. The minimum atomic E-state index is -3.66. The SMILES string of the molecule is COc1ccc(OCCNC(=O)[C@@H]2CCCN(S(=O)(=O)c3ccc(OC)cc3)C2)cc1. The lowest BCUT2D eigenvalue weighted by Gasteiger charge is -2.31. The average Bonchev–Trinajstić information content (AvgIpc) is 2.82. The zero-order valence-electron chi connectivity index (χ0n) is 17.7. The van der Waals surface area contributed by atoms with Gasteiger partial charge in [0, 0.05) is 13.1 Å². The Morgan fingerprint density at radius 2 is 1.58 bits per heavy atom. The summed E-state index contributed by atoms with van der Waals surface area (Å²) in [5, 5.41) is 2.85. The lowest BCUT2D eigenvalue weighted by Crippen LogP contribution is -2.45. The van der Waals surface area contributed by atoms with Gasteiger partial charge in [0.1, 0.15) is 23.9 Å². The minimum Gasteiger partial charge on any atom is -0.497 e. The van der Waals surface area contributed by atoms with E-state index in [9.17, 15) is 13.2 Å². The summed E-state index contributed by atoms with van der Waals surface area (Å²) in [5.74, 6) is 1.47. The highest BCUT2D eigenvalue weighted by Gasteiger charge is 2.33. The van der Waals surface area contributed by atoms with Gasteiger partial charge in [0.2, 0.25) is 15.9 Å². The molecule has 1 heterocycles. The summed E-state index contributed by atoms with van der Waals surface area (Å²) in [6.45, 7) is 1.23. The van der Waals surface area contributed by atoms with E-state index in [-0.39, 0.29) is 23.3 Å². The van der Waals surface area contributed by atoms with E-state index >= 15 is 0 Å². The van der Waals surface area contributed by atoms with Crippen molar-refractivity contribution in [1.82, 2.24) is 9.62 Å². The smallest absolute Gasteiger partial charge is 0.243 e. The fraction of sp³-hybridized carbons (Fsp3) is 0.409. The summed E-state index contributed by atoms with van der Waals surface area (Å²) < 4.78 is 43.1. The molecule has 0 aromatic heterocycles. The van der Waals surface area contributed by atoms with Crippen molar-refractivity contribution in [3.8, 4) is 17.2 Å². The minimum absolute atomic E-state index is 0.159. The van der Waals surface area contributed by atoms with Crippen LogP contribution < -0.4 is 19.5 Å². The van der Waals surface area contributed by atoms with Gasteiger partial charge in [0.25, 0.3) is 0 Å². The molecule has 1 aliphatic rings. The molecule has 2 aromatic carbocycles. The highest BCUT2D eigenvalue weighted by atomic mass is 32.2. The fourth-order valence-electron chi connectivity index (χ4n) is 3.43. The van der Waals surface area contributed by atoms with Crippen LogP contribution in [-0.2, 0) is 14.8 Å². The monoisotopic (exact) mass is 448 g/mol. The molecule has 1 amide bonds. The number of ether oxygens (including phenoxy) is 3. The summed E-state index contributed by atoms with van der Waals surface area (Å²) in [7, 11) is -0.533. The predicted molar refractivity (Wildman–Crippen MR) is 116 cm³/mol. The number of carbonyl (C=O) groups excluding carboxylic acids is 1. The lowest BCUT2D eigenvalue weighted by molar-refractivity contribution is -0.126. The first-order chi connectivity index (χ1) is 14.9. The van der Waals surface area contributed by atoms with Crippen LogP contribution in [0.25, 0.3) is 0 Å². The maximum atomic E-state index is 12.9. The van der Waals surface area contributed by atoms with Crippen molar-refractivity contribution >= 4 is 15.9 Å². The number of benzene rings is 2. The number of nitrogens with zero attached hydrogens (tertiary/aromatic N) is 1. The standard InChI is InChI=1S/C22H28N2O6S/c1-28-18-5-7-20(8-6-18)30-15-13-23-22(25)17-4-3-14-24(16-17)31(26,27)21-11-9-19(29-2)10-12-21/h5-12,17H,3-4,13-16H2,1-2H3,(H,23,25)/t17-/m1/s1. The topological polar surface area (TPSA) is 94.2 Å². The summed E-state index contributed by atoms with van der Waals surface area (Å²) in [4.78, 5) is 12.8. The van der Waals surface area contributed by atoms with Crippen LogP contribution in [0.4, 0.5) is 0 Å². The Bertz CT molecular complexity index is 961. The molecule has 0 aliphatic carbocycles. The second-order valence-electron chi connectivity index (χ2n) is 7.19. The third kappa shape index (κ3) is 5.89. The number of amides is 1. The molecule has 0 bridgehead atoms. The van der Waals surface area contributed by atoms with Crippen molar-refractivity contribution in [3.63, 3.8) is 0 Å². The summed E-state index contributed by atoms with van der Waals surface area (Å²) in [5.41, 5.74) is 0. The fourth-order valence-corrected chi connectivity index (χ4v) is 4.95. The van der Waals surface area contributed by atoms with E-state index in [0.29, 0.717) is 44.0 Å². The molecule has 0 radical (unpaired) electrons. The van der Waals surface area contributed by atoms with E-state index in [4.69, 9.17) is 14.2 Å². The van der Waals surface area contributed by atoms with Gasteiger partial charge in [-0.05, 0) is 61.4 Å².